The van der Waals surface area contributed by atoms with E-state index in [0.717, 1.165) is 28.6 Å². The van der Waals surface area contributed by atoms with E-state index in [4.69, 9.17) is 4.74 Å². The predicted octanol–water partition coefficient (Wildman–Crippen LogP) is 5.28. The monoisotopic (exact) mass is 601 g/mol. The zero-order valence-corrected chi connectivity index (χ0v) is 25.0. The number of hydrogen-bond acceptors (Lipinski definition) is 5. The van der Waals surface area contributed by atoms with E-state index in [0.29, 0.717) is 24.3 Å². The van der Waals surface area contributed by atoms with E-state index in [9.17, 15) is 26.8 Å². The Labute approximate surface area is 246 Å². The Bertz CT molecular complexity index is 1430. The van der Waals surface area contributed by atoms with Gasteiger partial charge in [-0.05, 0) is 92.9 Å². The Morgan fingerprint density at radius 2 is 1.43 bits per heavy atom. The molecular weight excluding hydrogens is 564 g/mol. The Balaban J connectivity index is 2.05. The summed E-state index contributed by atoms with van der Waals surface area (Å²) in [5.41, 5.74) is 0.739. The molecule has 2 atom stereocenters. The Morgan fingerprint density at radius 3 is 1.95 bits per heavy atom. The molecule has 0 aliphatic carbocycles. The number of sulfonamides is 1. The van der Waals surface area contributed by atoms with Crippen LogP contribution in [0, 0.1) is 11.6 Å². The zero-order chi connectivity index (χ0) is 30.9. The van der Waals surface area contributed by atoms with Gasteiger partial charge >= 0.3 is 0 Å². The largest absolute Gasteiger partial charge is 0.494 e. The van der Waals surface area contributed by atoms with Crippen LogP contribution < -0.4 is 14.4 Å². The van der Waals surface area contributed by atoms with E-state index in [1.165, 1.54) is 41.3 Å². The first-order valence-electron chi connectivity index (χ1n) is 13.9. The molecule has 11 heteroatoms. The zero-order valence-electron chi connectivity index (χ0n) is 24.2. The molecule has 226 valence electrons. The standard InChI is InChI=1S/C31H37F2N3O5S/c1-5-22(4)34-31(38)29(6-2)35(20-23-8-10-24(32)11-9-23)30(37)21-36(26-14-16-27(17-15-26)41-7-3)42(39,40)28-18-12-25(33)13-19-28/h8-19,22,29H,5-7,20-21H2,1-4H3,(H,34,38)/t22-,29+/m1/s1. The maximum absolute atomic E-state index is 14.0. The minimum atomic E-state index is -4.35. The van der Waals surface area contributed by atoms with Gasteiger partial charge in [0.05, 0.1) is 17.2 Å². The Kier molecular flexibility index (Phi) is 11.4. The summed E-state index contributed by atoms with van der Waals surface area (Å²) in [7, 11) is -4.35. The molecule has 0 radical (unpaired) electrons. The van der Waals surface area contributed by atoms with Crippen LogP contribution in [-0.4, -0.2) is 50.4 Å². The summed E-state index contributed by atoms with van der Waals surface area (Å²) >= 11 is 0. The molecule has 1 N–H and O–H groups in total. The van der Waals surface area contributed by atoms with Crippen molar-refractivity contribution in [1.29, 1.82) is 0 Å². The molecule has 0 saturated heterocycles. The fourth-order valence-corrected chi connectivity index (χ4v) is 5.70. The van der Waals surface area contributed by atoms with Gasteiger partial charge in [0.2, 0.25) is 11.8 Å². The second-order valence-corrected chi connectivity index (χ2v) is 11.6. The number of halogens is 2. The minimum Gasteiger partial charge on any atom is -0.494 e. The maximum Gasteiger partial charge on any atom is 0.264 e. The summed E-state index contributed by atoms with van der Waals surface area (Å²) in [6.07, 6.45) is 0.929. The lowest BCUT2D eigenvalue weighted by atomic mass is 10.1. The predicted molar refractivity (Wildman–Crippen MR) is 157 cm³/mol. The molecular formula is C31H37F2N3O5S. The molecule has 42 heavy (non-hydrogen) atoms. The van der Waals surface area contributed by atoms with E-state index < -0.39 is 40.2 Å². The van der Waals surface area contributed by atoms with Crippen molar-refractivity contribution < 1.29 is 31.5 Å². The van der Waals surface area contributed by atoms with Crippen molar-refractivity contribution in [1.82, 2.24) is 10.2 Å². The van der Waals surface area contributed by atoms with E-state index in [1.807, 2.05) is 20.8 Å². The number of ether oxygens (including phenoxy) is 1. The van der Waals surface area contributed by atoms with Crippen LogP contribution in [0.15, 0.2) is 77.7 Å². The lowest BCUT2D eigenvalue weighted by Gasteiger charge is -2.33. The summed E-state index contributed by atoms with van der Waals surface area (Å²) < 4.78 is 61.4. The molecule has 0 saturated carbocycles. The number of amides is 2. The minimum absolute atomic E-state index is 0.0563. The van der Waals surface area contributed by atoms with E-state index in [-0.39, 0.29) is 35.5 Å². The average molecular weight is 602 g/mol. The topological polar surface area (TPSA) is 96.0 Å². The molecule has 0 bridgehead atoms. The Hall–Kier alpha value is -3.99. The van der Waals surface area contributed by atoms with Gasteiger partial charge < -0.3 is 15.0 Å². The van der Waals surface area contributed by atoms with Crippen molar-refractivity contribution in [2.24, 2.45) is 0 Å². The van der Waals surface area contributed by atoms with Gasteiger partial charge in [0, 0.05) is 12.6 Å². The summed E-state index contributed by atoms with van der Waals surface area (Å²) in [6.45, 7) is 7.04. The summed E-state index contributed by atoms with van der Waals surface area (Å²) in [5, 5.41) is 2.90. The molecule has 3 aromatic carbocycles. The second kappa shape index (κ2) is 14.8. The van der Waals surface area contributed by atoms with Crippen molar-refractivity contribution in [3.8, 4) is 5.75 Å². The molecule has 0 aliphatic heterocycles. The molecule has 0 aliphatic rings. The van der Waals surface area contributed by atoms with Crippen molar-refractivity contribution in [2.45, 2.75) is 64.1 Å². The number of nitrogens with one attached hydrogen (secondary N) is 1. The molecule has 3 rings (SSSR count). The molecule has 0 unspecified atom stereocenters. The molecule has 0 spiro atoms. The van der Waals surface area contributed by atoms with Crippen LogP contribution in [0.5, 0.6) is 5.75 Å². The van der Waals surface area contributed by atoms with Crippen LogP contribution >= 0.6 is 0 Å². The number of nitrogens with zero attached hydrogens (tertiary/aromatic N) is 2. The first-order valence-corrected chi connectivity index (χ1v) is 15.3. The van der Waals surface area contributed by atoms with Gasteiger partial charge in [-0.2, -0.15) is 0 Å². The molecule has 0 fully saturated rings. The van der Waals surface area contributed by atoms with Gasteiger partial charge in [-0.3, -0.25) is 13.9 Å². The number of anilines is 1. The van der Waals surface area contributed by atoms with Crippen LogP contribution in [0.25, 0.3) is 0 Å². The first-order chi connectivity index (χ1) is 20.0. The van der Waals surface area contributed by atoms with Gasteiger partial charge in [0.15, 0.2) is 0 Å². The molecule has 2 amide bonds. The highest BCUT2D eigenvalue weighted by atomic mass is 32.2. The highest BCUT2D eigenvalue weighted by Crippen LogP contribution is 2.27. The lowest BCUT2D eigenvalue weighted by molar-refractivity contribution is -0.140. The van der Waals surface area contributed by atoms with Crippen LogP contribution in [-0.2, 0) is 26.2 Å². The number of hydrogen-bond donors (Lipinski definition) is 1. The van der Waals surface area contributed by atoms with Gasteiger partial charge in [-0.1, -0.05) is 26.0 Å². The third-order valence-electron chi connectivity index (χ3n) is 6.77. The van der Waals surface area contributed by atoms with Crippen LogP contribution in [0.4, 0.5) is 14.5 Å². The third kappa shape index (κ3) is 8.28. The van der Waals surface area contributed by atoms with E-state index in [1.54, 1.807) is 19.1 Å². The van der Waals surface area contributed by atoms with E-state index in [2.05, 4.69) is 5.32 Å². The summed E-state index contributed by atoms with van der Waals surface area (Å²) in [4.78, 5) is 28.4. The highest BCUT2D eigenvalue weighted by molar-refractivity contribution is 7.92. The normalized spacial score (nSPS) is 12.7. The average Bonchev–Trinajstić information content (AvgIpc) is 2.97. The Morgan fingerprint density at radius 1 is 0.857 bits per heavy atom. The SMILES string of the molecule is CCOc1ccc(N(CC(=O)N(Cc2ccc(F)cc2)[C@@H](CC)C(=O)N[C@H](C)CC)S(=O)(=O)c2ccc(F)cc2)cc1. The van der Waals surface area contributed by atoms with Crippen LogP contribution in [0.1, 0.15) is 46.1 Å². The van der Waals surface area contributed by atoms with Crippen molar-refractivity contribution >= 4 is 27.5 Å². The number of rotatable bonds is 14. The smallest absolute Gasteiger partial charge is 0.264 e. The van der Waals surface area contributed by atoms with Crippen molar-refractivity contribution in [3.63, 3.8) is 0 Å². The summed E-state index contributed by atoms with van der Waals surface area (Å²) in [5.74, 6) is -1.58. The van der Waals surface area contributed by atoms with Gasteiger partial charge in [0.1, 0.15) is 30.0 Å². The molecule has 8 nitrogen and oxygen atoms in total. The molecule has 3 aromatic rings. The van der Waals surface area contributed by atoms with Gasteiger partial charge in [0.25, 0.3) is 10.0 Å². The first kappa shape index (κ1) is 32.5. The fourth-order valence-electron chi connectivity index (χ4n) is 4.28. The van der Waals surface area contributed by atoms with Crippen LogP contribution in [0.3, 0.4) is 0 Å². The number of carbonyl (C=O) groups is 2. The van der Waals surface area contributed by atoms with Crippen LogP contribution in [0.2, 0.25) is 0 Å². The third-order valence-corrected chi connectivity index (χ3v) is 8.56. The van der Waals surface area contributed by atoms with Crippen molar-refractivity contribution in [2.75, 3.05) is 17.5 Å². The van der Waals surface area contributed by atoms with E-state index >= 15 is 0 Å². The summed E-state index contributed by atoms with van der Waals surface area (Å²) in [6, 6.07) is 14.9. The number of benzene rings is 3. The quantitative estimate of drug-likeness (QED) is 0.271. The van der Waals surface area contributed by atoms with Crippen molar-refractivity contribution in [3.05, 3.63) is 90.0 Å². The molecule has 0 aromatic heterocycles. The number of carbonyl (C=O) groups excluding carboxylic acids is 2. The highest BCUT2D eigenvalue weighted by Gasteiger charge is 2.34. The van der Waals surface area contributed by atoms with Gasteiger partial charge in [-0.15, -0.1) is 0 Å². The van der Waals surface area contributed by atoms with Gasteiger partial charge in [-0.25, -0.2) is 17.2 Å². The molecule has 0 heterocycles. The maximum atomic E-state index is 14.0. The fraction of sp³-hybridized carbons (Fsp3) is 0.355. The lowest BCUT2D eigenvalue weighted by Crippen LogP contribution is -2.53. The second-order valence-electron chi connectivity index (χ2n) is 9.78.